The van der Waals surface area contributed by atoms with E-state index in [1.165, 1.54) is 173 Å². The molecule has 0 saturated heterocycles. The van der Waals surface area contributed by atoms with E-state index in [-0.39, 0.29) is 31.1 Å². The molecule has 0 aliphatic heterocycles. The molecule has 0 aromatic rings. The summed E-state index contributed by atoms with van der Waals surface area (Å²) in [6.45, 7) is 13.7. The molecule has 0 N–H and O–H groups in total. The number of esters is 3. The van der Waals surface area contributed by atoms with E-state index in [0.29, 0.717) is 19.3 Å². The molecule has 0 radical (unpaired) electrons. The molecular formula is C54H104O6. The molecule has 0 aromatic carbocycles. The van der Waals surface area contributed by atoms with Gasteiger partial charge in [0.1, 0.15) is 13.2 Å². The number of ether oxygens (including phenoxy) is 3. The van der Waals surface area contributed by atoms with Gasteiger partial charge in [-0.3, -0.25) is 14.4 Å². The molecule has 6 heteroatoms. The second kappa shape index (κ2) is 45.4. The highest BCUT2D eigenvalue weighted by molar-refractivity contribution is 5.71. The van der Waals surface area contributed by atoms with Crippen molar-refractivity contribution in [3.8, 4) is 0 Å². The monoisotopic (exact) mass is 849 g/mol. The van der Waals surface area contributed by atoms with Crippen molar-refractivity contribution < 1.29 is 28.6 Å². The maximum absolute atomic E-state index is 12.7. The van der Waals surface area contributed by atoms with E-state index in [0.717, 1.165) is 75.5 Å². The first-order valence-corrected chi connectivity index (χ1v) is 26.7. The fourth-order valence-electron chi connectivity index (χ4n) is 8.05. The van der Waals surface area contributed by atoms with Crippen molar-refractivity contribution >= 4 is 17.9 Å². The minimum Gasteiger partial charge on any atom is -0.462 e. The van der Waals surface area contributed by atoms with Crippen molar-refractivity contribution in [2.45, 2.75) is 298 Å². The topological polar surface area (TPSA) is 78.9 Å². The summed E-state index contributed by atoms with van der Waals surface area (Å²) in [5, 5.41) is 0. The molecule has 356 valence electrons. The van der Waals surface area contributed by atoms with Crippen molar-refractivity contribution in [3.63, 3.8) is 0 Å². The van der Waals surface area contributed by atoms with Crippen molar-refractivity contribution in [1.82, 2.24) is 0 Å². The first-order chi connectivity index (χ1) is 29.2. The molecule has 2 unspecified atom stereocenters. The fraction of sp³-hybridized carbons (Fsp3) is 0.944. The van der Waals surface area contributed by atoms with E-state index < -0.39 is 6.10 Å². The quantitative estimate of drug-likeness (QED) is 0.0345. The zero-order valence-electron chi connectivity index (χ0n) is 41.3. The summed E-state index contributed by atoms with van der Waals surface area (Å²) >= 11 is 0. The van der Waals surface area contributed by atoms with Crippen molar-refractivity contribution in [3.05, 3.63) is 0 Å². The molecule has 0 rings (SSSR count). The van der Waals surface area contributed by atoms with Crippen LogP contribution in [0.15, 0.2) is 0 Å². The van der Waals surface area contributed by atoms with Crippen LogP contribution in [0, 0.1) is 17.8 Å². The van der Waals surface area contributed by atoms with Crippen LogP contribution in [0.4, 0.5) is 0 Å². The lowest BCUT2D eigenvalue weighted by Gasteiger charge is -2.18. The number of unbranched alkanes of at least 4 members (excludes halogenated alkanes) is 28. The molecule has 0 aromatic heterocycles. The highest BCUT2D eigenvalue weighted by Gasteiger charge is 2.19. The van der Waals surface area contributed by atoms with Crippen LogP contribution < -0.4 is 0 Å². The Balaban J connectivity index is 4.16. The van der Waals surface area contributed by atoms with E-state index in [2.05, 4.69) is 41.5 Å². The normalized spacial score (nSPS) is 13.1. The summed E-state index contributed by atoms with van der Waals surface area (Å²) in [5.41, 5.74) is 0. The van der Waals surface area contributed by atoms with E-state index in [1.54, 1.807) is 0 Å². The third kappa shape index (κ3) is 44.5. The molecule has 6 nitrogen and oxygen atoms in total. The lowest BCUT2D eigenvalue weighted by molar-refractivity contribution is -0.167. The smallest absolute Gasteiger partial charge is 0.306 e. The highest BCUT2D eigenvalue weighted by atomic mass is 16.6. The SMILES string of the molecule is CCC(C)CCCCCCCCCCCCCCCCCCCCC(=O)OC[C@@H](COC(=O)CCCCCCCCCC(C)C)OC(=O)CCCCCCCCC(C)CC. The molecule has 60 heavy (non-hydrogen) atoms. The molecule has 3 atom stereocenters. The summed E-state index contributed by atoms with van der Waals surface area (Å²) in [6.07, 6.45) is 45.4. The number of hydrogen-bond acceptors (Lipinski definition) is 6. The first kappa shape index (κ1) is 58.4. The van der Waals surface area contributed by atoms with Gasteiger partial charge in [-0.25, -0.2) is 0 Å². The zero-order chi connectivity index (χ0) is 44.2. The van der Waals surface area contributed by atoms with Gasteiger partial charge in [0.25, 0.3) is 0 Å². The molecular weight excluding hydrogens is 745 g/mol. The predicted octanol–water partition coefficient (Wildman–Crippen LogP) is 17.2. The predicted molar refractivity (Wildman–Crippen MR) is 256 cm³/mol. The van der Waals surface area contributed by atoms with Gasteiger partial charge in [-0.05, 0) is 37.0 Å². The lowest BCUT2D eigenvalue weighted by Crippen LogP contribution is -2.30. The Morgan fingerprint density at radius 3 is 0.867 bits per heavy atom. The molecule has 0 heterocycles. The maximum atomic E-state index is 12.7. The second-order valence-corrected chi connectivity index (χ2v) is 19.5. The van der Waals surface area contributed by atoms with Crippen molar-refractivity contribution in [1.29, 1.82) is 0 Å². The van der Waals surface area contributed by atoms with Crippen LogP contribution in [-0.2, 0) is 28.6 Å². The Labute approximate surface area is 374 Å². The Morgan fingerprint density at radius 1 is 0.333 bits per heavy atom. The van der Waals surface area contributed by atoms with Crippen molar-refractivity contribution in [2.75, 3.05) is 13.2 Å². The van der Waals surface area contributed by atoms with Gasteiger partial charge in [0.2, 0.25) is 0 Å². The lowest BCUT2D eigenvalue weighted by atomic mass is 9.99. The number of rotatable bonds is 47. The van der Waals surface area contributed by atoms with Crippen LogP contribution in [0.2, 0.25) is 0 Å². The first-order valence-electron chi connectivity index (χ1n) is 26.7. The molecule has 0 amide bonds. The summed E-state index contributed by atoms with van der Waals surface area (Å²) in [6, 6.07) is 0. The van der Waals surface area contributed by atoms with E-state index in [9.17, 15) is 14.4 Å². The Hall–Kier alpha value is -1.59. The Kier molecular flexibility index (Phi) is 44.2. The number of carbonyl (C=O) groups excluding carboxylic acids is 3. The van der Waals surface area contributed by atoms with Crippen molar-refractivity contribution in [2.24, 2.45) is 17.8 Å². The summed E-state index contributed by atoms with van der Waals surface area (Å²) in [4.78, 5) is 37.9. The average molecular weight is 849 g/mol. The molecule has 0 aliphatic carbocycles. The molecule has 0 bridgehead atoms. The number of hydrogen-bond donors (Lipinski definition) is 0. The minimum absolute atomic E-state index is 0.0659. The van der Waals surface area contributed by atoms with Gasteiger partial charge in [-0.2, -0.15) is 0 Å². The average Bonchev–Trinajstić information content (AvgIpc) is 3.23. The minimum atomic E-state index is -0.763. The Morgan fingerprint density at radius 2 is 0.583 bits per heavy atom. The van der Waals surface area contributed by atoms with Crippen LogP contribution in [0.1, 0.15) is 292 Å². The van der Waals surface area contributed by atoms with Gasteiger partial charge in [0.15, 0.2) is 6.10 Å². The van der Waals surface area contributed by atoms with Gasteiger partial charge in [0.05, 0.1) is 0 Å². The fourth-order valence-corrected chi connectivity index (χ4v) is 8.05. The van der Waals surface area contributed by atoms with Gasteiger partial charge >= 0.3 is 17.9 Å². The third-order valence-corrected chi connectivity index (χ3v) is 12.9. The van der Waals surface area contributed by atoms with E-state index in [1.807, 2.05) is 0 Å². The van der Waals surface area contributed by atoms with E-state index in [4.69, 9.17) is 14.2 Å². The third-order valence-electron chi connectivity index (χ3n) is 12.9. The van der Waals surface area contributed by atoms with Crippen LogP contribution >= 0.6 is 0 Å². The number of carbonyl (C=O) groups is 3. The molecule has 0 aliphatic rings. The van der Waals surface area contributed by atoms with Crippen LogP contribution in [0.5, 0.6) is 0 Å². The molecule has 0 saturated carbocycles. The summed E-state index contributed by atoms with van der Waals surface area (Å²) in [7, 11) is 0. The van der Waals surface area contributed by atoms with Crippen LogP contribution in [0.25, 0.3) is 0 Å². The second-order valence-electron chi connectivity index (χ2n) is 19.5. The standard InChI is InChI=1S/C54H104O6/c1-7-49(5)41-35-29-23-19-17-15-13-11-9-10-12-14-16-18-20-24-31-37-43-52(55)58-46-51(60-54(57)45-39-33-27-26-30-36-42-50(6)8-2)47-59-53(56)44-38-32-25-21-22-28-34-40-48(3)4/h48-51H,7-47H2,1-6H3/t49?,50?,51-/m0/s1. The largest absolute Gasteiger partial charge is 0.462 e. The summed E-state index contributed by atoms with van der Waals surface area (Å²) in [5.74, 6) is 1.64. The Bertz CT molecular complexity index is 933. The van der Waals surface area contributed by atoms with Crippen LogP contribution in [0.3, 0.4) is 0 Å². The van der Waals surface area contributed by atoms with Gasteiger partial charge in [0, 0.05) is 19.3 Å². The van der Waals surface area contributed by atoms with Gasteiger partial charge in [-0.15, -0.1) is 0 Å². The highest BCUT2D eigenvalue weighted by Crippen LogP contribution is 2.18. The molecule has 0 spiro atoms. The maximum Gasteiger partial charge on any atom is 0.306 e. The van der Waals surface area contributed by atoms with E-state index >= 15 is 0 Å². The zero-order valence-corrected chi connectivity index (χ0v) is 41.3. The molecule has 0 fully saturated rings. The van der Waals surface area contributed by atoms with Gasteiger partial charge in [-0.1, -0.05) is 253 Å². The van der Waals surface area contributed by atoms with Crippen LogP contribution in [-0.4, -0.2) is 37.2 Å². The summed E-state index contributed by atoms with van der Waals surface area (Å²) < 4.78 is 16.8. The van der Waals surface area contributed by atoms with Gasteiger partial charge < -0.3 is 14.2 Å².